The Labute approximate surface area is 99.2 Å². The lowest BCUT2D eigenvalue weighted by molar-refractivity contribution is 0.0228. The molecule has 3 nitrogen and oxygen atoms in total. The van der Waals surface area contributed by atoms with Crippen molar-refractivity contribution in [3.05, 3.63) is 25.3 Å². The van der Waals surface area contributed by atoms with Gasteiger partial charge < -0.3 is 10.1 Å². The first-order valence-corrected chi connectivity index (χ1v) is 6.13. The average molecular weight is 224 g/mol. The monoisotopic (exact) mass is 224 g/mol. The zero-order valence-electron chi connectivity index (χ0n) is 10.2. The molecule has 0 atom stereocenters. The fourth-order valence-electron chi connectivity index (χ4n) is 1.93. The SMILES string of the molecule is C=CCN(CC=C)CCOC1CCNCC1. The maximum Gasteiger partial charge on any atom is 0.0600 e. The van der Waals surface area contributed by atoms with Crippen LogP contribution in [-0.2, 0) is 4.74 Å². The molecule has 1 rings (SSSR count). The molecule has 3 heteroatoms. The second-order valence-electron chi connectivity index (χ2n) is 4.16. The van der Waals surface area contributed by atoms with Crippen LogP contribution >= 0.6 is 0 Å². The maximum atomic E-state index is 5.86. The van der Waals surface area contributed by atoms with E-state index in [1.54, 1.807) is 0 Å². The van der Waals surface area contributed by atoms with Crippen LogP contribution in [0.4, 0.5) is 0 Å². The molecule has 1 saturated heterocycles. The van der Waals surface area contributed by atoms with Gasteiger partial charge in [0.1, 0.15) is 0 Å². The molecule has 0 aromatic rings. The van der Waals surface area contributed by atoms with E-state index in [9.17, 15) is 0 Å². The molecule has 0 aliphatic carbocycles. The van der Waals surface area contributed by atoms with Crippen LogP contribution in [-0.4, -0.2) is 50.3 Å². The van der Waals surface area contributed by atoms with Crippen LogP contribution < -0.4 is 5.32 Å². The minimum atomic E-state index is 0.454. The van der Waals surface area contributed by atoms with Crippen molar-refractivity contribution in [2.75, 3.05) is 39.3 Å². The smallest absolute Gasteiger partial charge is 0.0600 e. The molecule has 0 spiro atoms. The van der Waals surface area contributed by atoms with Gasteiger partial charge in [-0.2, -0.15) is 0 Å². The zero-order chi connectivity index (χ0) is 11.6. The van der Waals surface area contributed by atoms with Crippen LogP contribution in [0.15, 0.2) is 25.3 Å². The molecule has 0 radical (unpaired) electrons. The van der Waals surface area contributed by atoms with E-state index in [-0.39, 0.29) is 0 Å². The van der Waals surface area contributed by atoms with E-state index >= 15 is 0 Å². The van der Waals surface area contributed by atoms with E-state index in [1.165, 1.54) is 0 Å². The Hall–Kier alpha value is -0.640. The highest BCUT2D eigenvalue weighted by Gasteiger charge is 2.13. The van der Waals surface area contributed by atoms with Crippen LogP contribution in [0, 0.1) is 0 Å². The Bertz CT molecular complexity index is 190. The van der Waals surface area contributed by atoms with E-state index in [4.69, 9.17) is 4.74 Å². The van der Waals surface area contributed by atoms with Gasteiger partial charge in [0.25, 0.3) is 0 Å². The number of hydrogen-bond acceptors (Lipinski definition) is 3. The van der Waals surface area contributed by atoms with Crippen molar-refractivity contribution < 1.29 is 4.74 Å². The van der Waals surface area contributed by atoms with Crippen LogP contribution in [0.1, 0.15) is 12.8 Å². The van der Waals surface area contributed by atoms with Crippen LogP contribution in [0.2, 0.25) is 0 Å². The third kappa shape index (κ3) is 5.45. The first kappa shape index (κ1) is 13.4. The van der Waals surface area contributed by atoms with E-state index in [2.05, 4.69) is 23.4 Å². The molecular weight excluding hydrogens is 200 g/mol. The lowest BCUT2D eigenvalue weighted by Gasteiger charge is -2.25. The average Bonchev–Trinajstić information content (AvgIpc) is 2.31. The van der Waals surface area contributed by atoms with Gasteiger partial charge in [0.05, 0.1) is 12.7 Å². The van der Waals surface area contributed by atoms with Crippen LogP contribution in [0.25, 0.3) is 0 Å². The highest BCUT2D eigenvalue weighted by molar-refractivity contribution is 4.79. The summed E-state index contributed by atoms with van der Waals surface area (Å²) in [5.74, 6) is 0. The minimum absolute atomic E-state index is 0.454. The van der Waals surface area contributed by atoms with Crippen molar-refractivity contribution >= 4 is 0 Å². The van der Waals surface area contributed by atoms with Gasteiger partial charge in [0.15, 0.2) is 0 Å². The number of hydrogen-bond donors (Lipinski definition) is 1. The highest BCUT2D eigenvalue weighted by Crippen LogP contribution is 2.06. The third-order valence-electron chi connectivity index (χ3n) is 2.82. The molecule has 0 unspecified atom stereocenters. The summed E-state index contributed by atoms with van der Waals surface area (Å²) in [5, 5.41) is 3.34. The minimum Gasteiger partial charge on any atom is -0.377 e. The van der Waals surface area contributed by atoms with Gasteiger partial charge in [-0.05, 0) is 25.9 Å². The summed E-state index contributed by atoms with van der Waals surface area (Å²) in [4.78, 5) is 2.28. The largest absolute Gasteiger partial charge is 0.377 e. The first-order valence-electron chi connectivity index (χ1n) is 6.13. The van der Waals surface area contributed by atoms with Gasteiger partial charge in [0, 0.05) is 19.6 Å². The molecule has 1 N–H and O–H groups in total. The summed E-state index contributed by atoms with van der Waals surface area (Å²) in [5.41, 5.74) is 0. The molecule has 92 valence electrons. The zero-order valence-corrected chi connectivity index (χ0v) is 10.2. The molecule has 0 aromatic carbocycles. The fraction of sp³-hybridized carbons (Fsp3) is 0.692. The summed E-state index contributed by atoms with van der Waals surface area (Å²) >= 11 is 0. The van der Waals surface area contributed by atoms with E-state index < -0.39 is 0 Å². The normalized spacial score (nSPS) is 17.6. The Morgan fingerprint density at radius 3 is 2.38 bits per heavy atom. The molecule has 0 saturated carbocycles. The van der Waals surface area contributed by atoms with Crippen LogP contribution in [0.3, 0.4) is 0 Å². The number of nitrogens with one attached hydrogen (secondary N) is 1. The highest BCUT2D eigenvalue weighted by atomic mass is 16.5. The third-order valence-corrected chi connectivity index (χ3v) is 2.82. The molecule has 0 aromatic heterocycles. The Balaban J connectivity index is 2.10. The van der Waals surface area contributed by atoms with E-state index in [0.29, 0.717) is 6.10 Å². The van der Waals surface area contributed by atoms with Gasteiger partial charge in [-0.15, -0.1) is 13.2 Å². The van der Waals surface area contributed by atoms with E-state index in [1.807, 2.05) is 12.2 Å². The van der Waals surface area contributed by atoms with Crippen molar-refractivity contribution in [1.29, 1.82) is 0 Å². The Kier molecular flexibility index (Phi) is 7.14. The summed E-state index contributed by atoms with van der Waals surface area (Å²) < 4.78 is 5.86. The van der Waals surface area contributed by atoms with Crippen molar-refractivity contribution in [2.24, 2.45) is 0 Å². The lowest BCUT2D eigenvalue weighted by atomic mass is 10.1. The van der Waals surface area contributed by atoms with Crippen LogP contribution in [0.5, 0.6) is 0 Å². The van der Waals surface area contributed by atoms with Crippen molar-refractivity contribution in [2.45, 2.75) is 18.9 Å². The molecule has 1 aliphatic heterocycles. The van der Waals surface area contributed by atoms with E-state index in [0.717, 1.165) is 52.2 Å². The second kappa shape index (κ2) is 8.50. The number of ether oxygens (including phenoxy) is 1. The molecule has 0 bridgehead atoms. The Morgan fingerprint density at radius 2 is 1.81 bits per heavy atom. The molecule has 16 heavy (non-hydrogen) atoms. The second-order valence-corrected chi connectivity index (χ2v) is 4.16. The maximum absolute atomic E-state index is 5.86. The predicted molar refractivity (Wildman–Crippen MR) is 68.7 cm³/mol. The Morgan fingerprint density at radius 1 is 1.19 bits per heavy atom. The molecule has 1 fully saturated rings. The fourth-order valence-corrected chi connectivity index (χ4v) is 1.93. The summed E-state index contributed by atoms with van der Waals surface area (Å²) in [6.07, 6.45) is 6.59. The number of nitrogens with zero attached hydrogens (tertiary/aromatic N) is 1. The summed E-state index contributed by atoms with van der Waals surface area (Å²) in [6.45, 7) is 13.3. The van der Waals surface area contributed by atoms with Gasteiger partial charge in [-0.1, -0.05) is 12.2 Å². The first-order chi connectivity index (χ1) is 7.86. The summed E-state index contributed by atoms with van der Waals surface area (Å²) in [7, 11) is 0. The van der Waals surface area contributed by atoms with Crippen molar-refractivity contribution in [3.63, 3.8) is 0 Å². The van der Waals surface area contributed by atoms with Gasteiger partial charge in [-0.3, -0.25) is 4.90 Å². The predicted octanol–water partition coefficient (Wildman–Crippen LogP) is 1.43. The number of rotatable bonds is 8. The van der Waals surface area contributed by atoms with Gasteiger partial charge in [-0.25, -0.2) is 0 Å². The topological polar surface area (TPSA) is 24.5 Å². The van der Waals surface area contributed by atoms with Crippen molar-refractivity contribution in [1.82, 2.24) is 10.2 Å². The molecule has 0 amide bonds. The van der Waals surface area contributed by atoms with Crippen molar-refractivity contribution in [3.8, 4) is 0 Å². The molecular formula is C13H24N2O. The van der Waals surface area contributed by atoms with Gasteiger partial charge in [0.2, 0.25) is 0 Å². The quantitative estimate of drug-likeness (QED) is 0.631. The lowest BCUT2D eigenvalue weighted by Crippen LogP contribution is -2.35. The number of piperidine rings is 1. The van der Waals surface area contributed by atoms with Gasteiger partial charge >= 0.3 is 0 Å². The molecule has 1 aliphatic rings. The summed E-state index contributed by atoms with van der Waals surface area (Å²) in [6, 6.07) is 0. The standard InChI is InChI=1S/C13H24N2O/c1-3-9-15(10-4-2)11-12-16-13-5-7-14-8-6-13/h3-4,13-14H,1-2,5-12H2. The molecule has 1 heterocycles.